The minimum absolute atomic E-state index is 0.498. The smallest absolute Gasteiger partial charge is 0.0519 e. The van der Waals surface area contributed by atoms with Crippen molar-refractivity contribution in [2.24, 2.45) is 5.92 Å². The van der Waals surface area contributed by atoms with Gasteiger partial charge >= 0.3 is 0 Å². The van der Waals surface area contributed by atoms with Crippen LogP contribution in [0, 0.1) is 5.92 Å². The van der Waals surface area contributed by atoms with E-state index in [0.29, 0.717) is 11.8 Å². The number of thiophene rings is 1. The summed E-state index contributed by atoms with van der Waals surface area (Å²) in [5, 5.41) is 2.73. The Hall–Kier alpha value is 0.0200. The summed E-state index contributed by atoms with van der Waals surface area (Å²) in [7, 11) is 0. The van der Waals surface area contributed by atoms with Gasteiger partial charge in [-0.15, -0.1) is 22.9 Å². The highest BCUT2D eigenvalue weighted by Gasteiger charge is 2.02. The van der Waals surface area contributed by atoms with Gasteiger partial charge in [0.15, 0.2) is 0 Å². The summed E-state index contributed by atoms with van der Waals surface area (Å²) in [6, 6.07) is 1.96. The molecule has 1 aromatic heterocycles. The van der Waals surface area contributed by atoms with Gasteiger partial charge in [-0.3, -0.25) is 0 Å². The lowest BCUT2D eigenvalue weighted by Crippen LogP contribution is -1.94. The largest absolute Gasteiger partial charge is 0.143 e. The van der Waals surface area contributed by atoms with Crippen LogP contribution in [0.15, 0.2) is 17.0 Å². The Balaban J connectivity index is 2.84. The Morgan fingerprint density at radius 2 is 2.31 bits per heavy atom. The first-order chi connectivity index (χ1) is 6.13. The highest BCUT2D eigenvalue weighted by Crippen LogP contribution is 2.24. The fourth-order valence-electron chi connectivity index (χ4n) is 0.946. The zero-order valence-corrected chi connectivity index (χ0v) is 10.0. The molecule has 0 amide bonds. The first kappa shape index (κ1) is 11.1. The highest BCUT2D eigenvalue weighted by molar-refractivity contribution is 7.11. The van der Waals surface area contributed by atoms with Crippen molar-refractivity contribution < 1.29 is 0 Å². The first-order valence-corrected chi connectivity index (χ1v) is 5.93. The van der Waals surface area contributed by atoms with Gasteiger partial charge in [-0.1, -0.05) is 31.0 Å². The van der Waals surface area contributed by atoms with Crippen molar-refractivity contribution in [1.29, 1.82) is 0 Å². The van der Waals surface area contributed by atoms with E-state index in [-0.39, 0.29) is 0 Å². The standard InChI is InChI=1S/C10H12Cl2S/c1-7(2)8(5-11)3-10-4-9(12)6-13-10/h3-4,6-7H,5H2,1-2H3. The average molecular weight is 235 g/mol. The molecule has 0 bridgehead atoms. The Bertz CT molecular complexity index is 300. The van der Waals surface area contributed by atoms with Crippen LogP contribution in [0.25, 0.3) is 6.08 Å². The van der Waals surface area contributed by atoms with Gasteiger partial charge in [-0.2, -0.15) is 0 Å². The fourth-order valence-corrected chi connectivity index (χ4v) is 2.38. The number of rotatable bonds is 3. The van der Waals surface area contributed by atoms with Crippen LogP contribution in [0.2, 0.25) is 5.02 Å². The van der Waals surface area contributed by atoms with E-state index < -0.39 is 0 Å². The quantitative estimate of drug-likeness (QED) is 0.667. The maximum Gasteiger partial charge on any atom is 0.0519 e. The predicted octanol–water partition coefficient (Wildman–Crippen LogP) is 4.68. The Labute approximate surface area is 93.2 Å². The summed E-state index contributed by atoms with van der Waals surface area (Å²) in [5.41, 5.74) is 1.25. The molecule has 0 nitrogen and oxygen atoms in total. The van der Waals surface area contributed by atoms with Crippen LogP contribution < -0.4 is 0 Å². The lowest BCUT2D eigenvalue weighted by Gasteiger charge is -2.05. The van der Waals surface area contributed by atoms with Crippen LogP contribution in [-0.4, -0.2) is 5.88 Å². The SMILES string of the molecule is CC(C)C(=Cc1cc(Cl)cs1)CCl. The molecule has 0 aromatic carbocycles. The van der Waals surface area contributed by atoms with Gasteiger partial charge in [0.2, 0.25) is 0 Å². The van der Waals surface area contributed by atoms with Crippen molar-refractivity contribution in [2.45, 2.75) is 13.8 Å². The number of halogens is 2. The van der Waals surface area contributed by atoms with Gasteiger partial charge < -0.3 is 0 Å². The summed E-state index contributed by atoms with van der Waals surface area (Å²) >= 11 is 13.3. The van der Waals surface area contributed by atoms with E-state index in [1.807, 2.05) is 11.4 Å². The van der Waals surface area contributed by atoms with Gasteiger partial charge in [0.05, 0.1) is 5.02 Å². The molecular formula is C10H12Cl2S. The second-order valence-electron chi connectivity index (χ2n) is 3.17. The molecule has 0 saturated heterocycles. The minimum Gasteiger partial charge on any atom is -0.143 e. The van der Waals surface area contributed by atoms with Crippen LogP contribution in [-0.2, 0) is 0 Å². The average Bonchev–Trinajstić information content (AvgIpc) is 2.46. The molecule has 0 aliphatic carbocycles. The summed E-state index contributed by atoms with van der Waals surface area (Å²) < 4.78 is 0. The van der Waals surface area contributed by atoms with Crippen LogP contribution in [0.4, 0.5) is 0 Å². The van der Waals surface area contributed by atoms with Gasteiger partial charge in [-0.25, -0.2) is 0 Å². The Morgan fingerprint density at radius 3 is 2.69 bits per heavy atom. The van der Waals surface area contributed by atoms with Crippen LogP contribution >= 0.6 is 34.5 Å². The Morgan fingerprint density at radius 1 is 1.62 bits per heavy atom. The predicted molar refractivity (Wildman–Crippen MR) is 62.9 cm³/mol. The number of hydrogen-bond acceptors (Lipinski definition) is 1. The molecular weight excluding hydrogens is 223 g/mol. The molecule has 3 heteroatoms. The number of allylic oxidation sites excluding steroid dienone is 1. The fraction of sp³-hybridized carbons (Fsp3) is 0.400. The lowest BCUT2D eigenvalue weighted by molar-refractivity contribution is 0.778. The molecule has 0 aliphatic rings. The molecule has 1 heterocycles. The van der Waals surface area contributed by atoms with E-state index in [9.17, 15) is 0 Å². The van der Waals surface area contributed by atoms with Crippen LogP contribution in [0.1, 0.15) is 18.7 Å². The molecule has 1 aromatic rings. The molecule has 0 spiro atoms. The van der Waals surface area contributed by atoms with Crippen molar-refractivity contribution in [2.75, 3.05) is 5.88 Å². The summed E-state index contributed by atoms with van der Waals surface area (Å²) in [6.45, 7) is 4.28. The molecule has 0 unspecified atom stereocenters. The van der Waals surface area contributed by atoms with Crippen molar-refractivity contribution in [3.05, 3.63) is 26.9 Å². The lowest BCUT2D eigenvalue weighted by atomic mass is 10.0. The van der Waals surface area contributed by atoms with Crippen molar-refractivity contribution >= 4 is 40.6 Å². The third-order valence-electron chi connectivity index (χ3n) is 1.81. The zero-order valence-electron chi connectivity index (χ0n) is 7.68. The van der Waals surface area contributed by atoms with E-state index in [4.69, 9.17) is 23.2 Å². The topological polar surface area (TPSA) is 0 Å². The first-order valence-electron chi connectivity index (χ1n) is 4.14. The van der Waals surface area contributed by atoms with E-state index in [1.54, 1.807) is 11.3 Å². The zero-order chi connectivity index (χ0) is 9.84. The maximum absolute atomic E-state index is 5.82. The number of alkyl halides is 1. The molecule has 0 fully saturated rings. The number of hydrogen-bond donors (Lipinski definition) is 0. The van der Waals surface area contributed by atoms with E-state index in [0.717, 1.165) is 5.02 Å². The molecule has 13 heavy (non-hydrogen) atoms. The maximum atomic E-state index is 5.82. The molecule has 0 radical (unpaired) electrons. The van der Waals surface area contributed by atoms with Crippen LogP contribution in [0.5, 0.6) is 0 Å². The van der Waals surface area contributed by atoms with Gasteiger partial charge in [0, 0.05) is 16.1 Å². The Kier molecular flexibility index (Phi) is 4.30. The normalized spacial score (nSPS) is 12.5. The van der Waals surface area contributed by atoms with Crippen LogP contribution in [0.3, 0.4) is 0 Å². The van der Waals surface area contributed by atoms with Gasteiger partial charge in [0.1, 0.15) is 0 Å². The highest BCUT2D eigenvalue weighted by atomic mass is 35.5. The van der Waals surface area contributed by atoms with Gasteiger partial charge in [-0.05, 0) is 18.1 Å². The van der Waals surface area contributed by atoms with Crippen molar-refractivity contribution in [3.63, 3.8) is 0 Å². The summed E-state index contributed by atoms with van der Waals surface area (Å²) in [4.78, 5) is 1.18. The minimum atomic E-state index is 0.498. The van der Waals surface area contributed by atoms with E-state index in [1.165, 1.54) is 10.5 Å². The molecule has 1 rings (SSSR count). The molecule has 0 saturated carbocycles. The second kappa shape index (κ2) is 5.04. The van der Waals surface area contributed by atoms with E-state index in [2.05, 4.69) is 19.9 Å². The van der Waals surface area contributed by atoms with Crippen molar-refractivity contribution in [1.82, 2.24) is 0 Å². The summed E-state index contributed by atoms with van der Waals surface area (Å²) in [5.74, 6) is 1.09. The molecule has 0 aliphatic heterocycles. The molecule has 0 N–H and O–H groups in total. The molecule has 0 atom stereocenters. The summed E-state index contributed by atoms with van der Waals surface area (Å²) in [6.07, 6.45) is 2.12. The third kappa shape index (κ3) is 3.34. The molecule has 72 valence electrons. The second-order valence-corrected chi connectivity index (χ2v) is 4.82. The van der Waals surface area contributed by atoms with Crippen molar-refractivity contribution in [3.8, 4) is 0 Å². The third-order valence-corrected chi connectivity index (χ3v) is 3.35. The van der Waals surface area contributed by atoms with Gasteiger partial charge in [0.25, 0.3) is 0 Å². The van der Waals surface area contributed by atoms with E-state index >= 15 is 0 Å². The monoisotopic (exact) mass is 234 g/mol.